The van der Waals surface area contributed by atoms with E-state index in [4.69, 9.17) is 4.74 Å². The molecule has 0 aromatic carbocycles. The number of methoxy groups -OCH3 is 1. The van der Waals surface area contributed by atoms with Crippen LogP contribution in [-0.2, 0) is 27.8 Å². The van der Waals surface area contributed by atoms with Crippen LogP contribution in [-0.4, -0.2) is 53.5 Å². The maximum atomic E-state index is 12.0. The van der Waals surface area contributed by atoms with Gasteiger partial charge in [-0.1, -0.05) is 0 Å². The highest BCUT2D eigenvalue weighted by Crippen LogP contribution is 2.17. The molecule has 1 aromatic rings. The number of rotatable bonds is 4. The zero-order chi connectivity index (χ0) is 13.2. The van der Waals surface area contributed by atoms with Crippen LogP contribution in [0, 0.1) is 5.92 Å². The van der Waals surface area contributed by atoms with E-state index in [1.165, 1.54) is 10.6 Å². The molecule has 102 valence electrons. The summed E-state index contributed by atoms with van der Waals surface area (Å²) in [6.45, 7) is 3.54. The van der Waals surface area contributed by atoms with Crippen LogP contribution in [0.1, 0.15) is 12.7 Å². The van der Waals surface area contributed by atoms with Crippen LogP contribution in [0.3, 0.4) is 0 Å². The van der Waals surface area contributed by atoms with E-state index in [-0.39, 0.29) is 18.2 Å². The van der Waals surface area contributed by atoms with Crippen LogP contribution >= 0.6 is 0 Å². The molecule has 1 atom stereocenters. The third-order valence-corrected chi connectivity index (χ3v) is 4.86. The SMILES string of the molecule is CCS(=O)(=O)N1Cc2ncnn2CC(COC)C1. The molecular weight excluding hydrogens is 256 g/mol. The Kier molecular flexibility index (Phi) is 3.98. The number of ether oxygens (including phenoxy) is 1. The number of sulfonamides is 1. The molecule has 0 fully saturated rings. The molecule has 0 saturated carbocycles. The van der Waals surface area contributed by atoms with Gasteiger partial charge < -0.3 is 4.74 Å². The molecular formula is C10H18N4O3S. The van der Waals surface area contributed by atoms with Crippen LogP contribution in [0.4, 0.5) is 0 Å². The van der Waals surface area contributed by atoms with Gasteiger partial charge in [-0.2, -0.15) is 9.40 Å². The predicted octanol–water partition coefficient (Wildman–Crippen LogP) is -0.294. The van der Waals surface area contributed by atoms with E-state index in [0.717, 1.165) is 0 Å². The van der Waals surface area contributed by atoms with E-state index in [9.17, 15) is 8.42 Å². The molecule has 1 aliphatic rings. The lowest BCUT2D eigenvalue weighted by atomic mass is 10.1. The first kappa shape index (κ1) is 13.4. The summed E-state index contributed by atoms with van der Waals surface area (Å²) in [5.74, 6) is 0.880. The van der Waals surface area contributed by atoms with Crippen LogP contribution in [0.25, 0.3) is 0 Å². The van der Waals surface area contributed by atoms with Gasteiger partial charge in [-0.05, 0) is 6.92 Å². The fourth-order valence-corrected chi connectivity index (χ4v) is 3.23. The lowest BCUT2D eigenvalue weighted by molar-refractivity contribution is 0.133. The zero-order valence-electron chi connectivity index (χ0n) is 10.6. The van der Waals surface area contributed by atoms with Crippen LogP contribution in [0.2, 0.25) is 0 Å². The normalized spacial score (nSPS) is 21.6. The van der Waals surface area contributed by atoms with Gasteiger partial charge in [0.05, 0.1) is 18.9 Å². The van der Waals surface area contributed by atoms with Crippen molar-refractivity contribution in [1.29, 1.82) is 0 Å². The number of aromatic nitrogens is 3. The van der Waals surface area contributed by atoms with Gasteiger partial charge in [-0.25, -0.2) is 18.1 Å². The van der Waals surface area contributed by atoms with Crippen LogP contribution in [0.5, 0.6) is 0 Å². The maximum Gasteiger partial charge on any atom is 0.214 e. The van der Waals surface area contributed by atoms with Crippen molar-refractivity contribution >= 4 is 10.0 Å². The summed E-state index contributed by atoms with van der Waals surface area (Å²) in [4.78, 5) is 4.11. The molecule has 0 aliphatic carbocycles. The summed E-state index contributed by atoms with van der Waals surface area (Å²) >= 11 is 0. The Morgan fingerprint density at radius 3 is 2.94 bits per heavy atom. The Labute approximate surface area is 107 Å². The van der Waals surface area contributed by atoms with Gasteiger partial charge in [0.2, 0.25) is 10.0 Å². The van der Waals surface area contributed by atoms with E-state index in [2.05, 4.69) is 10.1 Å². The monoisotopic (exact) mass is 274 g/mol. The molecule has 0 amide bonds. The summed E-state index contributed by atoms with van der Waals surface area (Å²) in [7, 11) is -1.60. The molecule has 0 spiro atoms. The molecule has 7 nitrogen and oxygen atoms in total. The van der Waals surface area contributed by atoms with Gasteiger partial charge >= 0.3 is 0 Å². The smallest absolute Gasteiger partial charge is 0.214 e. The summed E-state index contributed by atoms with van der Waals surface area (Å²) in [5, 5.41) is 4.12. The Morgan fingerprint density at radius 2 is 2.28 bits per heavy atom. The minimum Gasteiger partial charge on any atom is -0.384 e. The van der Waals surface area contributed by atoms with Gasteiger partial charge in [0, 0.05) is 26.1 Å². The molecule has 1 unspecified atom stereocenters. The number of hydrogen-bond acceptors (Lipinski definition) is 5. The van der Waals surface area contributed by atoms with E-state index >= 15 is 0 Å². The first-order valence-electron chi connectivity index (χ1n) is 5.90. The standard InChI is InChI=1S/C10H18N4O3S/c1-3-18(15,16)13-4-9(7-17-2)5-14-10(6-13)11-8-12-14/h8-9H,3-7H2,1-2H3. The largest absolute Gasteiger partial charge is 0.384 e. The second kappa shape index (κ2) is 5.33. The molecule has 0 N–H and O–H groups in total. The van der Waals surface area contributed by atoms with Crippen molar-refractivity contribution in [2.24, 2.45) is 5.92 Å². The third kappa shape index (κ3) is 2.70. The van der Waals surface area contributed by atoms with Crippen molar-refractivity contribution in [3.8, 4) is 0 Å². The molecule has 1 aliphatic heterocycles. The molecule has 1 aromatic heterocycles. The molecule has 0 radical (unpaired) electrons. The highest BCUT2D eigenvalue weighted by molar-refractivity contribution is 7.89. The summed E-state index contributed by atoms with van der Waals surface area (Å²) < 4.78 is 32.4. The number of nitrogens with zero attached hydrogens (tertiary/aromatic N) is 4. The van der Waals surface area contributed by atoms with Gasteiger partial charge in [0.25, 0.3) is 0 Å². The fraction of sp³-hybridized carbons (Fsp3) is 0.800. The van der Waals surface area contributed by atoms with Crippen molar-refractivity contribution in [1.82, 2.24) is 19.1 Å². The molecule has 0 saturated heterocycles. The van der Waals surface area contributed by atoms with E-state index in [0.29, 0.717) is 25.5 Å². The van der Waals surface area contributed by atoms with Crippen LogP contribution < -0.4 is 0 Å². The van der Waals surface area contributed by atoms with Gasteiger partial charge in [0.15, 0.2) is 0 Å². The second-order valence-electron chi connectivity index (χ2n) is 4.37. The van der Waals surface area contributed by atoms with Gasteiger partial charge in [-0.3, -0.25) is 0 Å². The number of hydrogen-bond donors (Lipinski definition) is 0. The fourth-order valence-electron chi connectivity index (χ4n) is 2.11. The van der Waals surface area contributed by atoms with E-state index in [1.807, 2.05) is 0 Å². The minimum absolute atomic E-state index is 0.0966. The van der Waals surface area contributed by atoms with Gasteiger partial charge in [-0.15, -0.1) is 0 Å². The van der Waals surface area contributed by atoms with E-state index < -0.39 is 10.0 Å². The van der Waals surface area contributed by atoms with Crippen molar-refractivity contribution in [2.75, 3.05) is 26.0 Å². The quantitative estimate of drug-likeness (QED) is 0.753. The minimum atomic E-state index is -3.22. The molecule has 8 heteroatoms. The van der Waals surface area contributed by atoms with Crippen molar-refractivity contribution < 1.29 is 13.2 Å². The highest BCUT2D eigenvalue weighted by atomic mass is 32.2. The Balaban J connectivity index is 2.28. The first-order chi connectivity index (χ1) is 8.56. The lowest BCUT2D eigenvalue weighted by Crippen LogP contribution is -2.36. The Hall–Kier alpha value is -0.990. The molecule has 2 heterocycles. The summed E-state index contributed by atoms with van der Waals surface area (Å²) in [6.07, 6.45) is 1.46. The molecule has 0 bridgehead atoms. The number of fused-ring (bicyclic) bond motifs is 1. The summed E-state index contributed by atoms with van der Waals surface area (Å²) in [6, 6.07) is 0. The Bertz CT molecular complexity index is 499. The first-order valence-corrected chi connectivity index (χ1v) is 7.51. The Morgan fingerprint density at radius 1 is 1.50 bits per heavy atom. The average Bonchev–Trinajstić information content (AvgIpc) is 2.68. The van der Waals surface area contributed by atoms with Crippen molar-refractivity contribution in [3.05, 3.63) is 12.2 Å². The average molecular weight is 274 g/mol. The zero-order valence-corrected chi connectivity index (χ0v) is 11.4. The lowest BCUT2D eigenvalue weighted by Gasteiger charge is -2.22. The second-order valence-corrected chi connectivity index (χ2v) is 6.63. The van der Waals surface area contributed by atoms with E-state index in [1.54, 1.807) is 18.7 Å². The molecule has 18 heavy (non-hydrogen) atoms. The van der Waals surface area contributed by atoms with Crippen molar-refractivity contribution in [2.45, 2.75) is 20.0 Å². The maximum absolute atomic E-state index is 12.0. The summed E-state index contributed by atoms with van der Waals surface area (Å²) in [5.41, 5.74) is 0. The van der Waals surface area contributed by atoms with Gasteiger partial charge in [0.1, 0.15) is 12.2 Å². The third-order valence-electron chi connectivity index (χ3n) is 3.07. The predicted molar refractivity (Wildman–Crippen MR) is 65.3 cm³/mol. The molecule has 2 rings (SSSR count). The topological polar surface area (TPSA) is 77.3 Å². The van der Waals surface area contributed by atoms with Crippen LogP contribution in [0.15, 0.2) is 6.33 Å². The highest BCUT2D eigenvalue weighted by Gasteiger charge is 2.29. The van der Waals surface area contributed by atoms with Crippen molar-refractivity contribution in [3.63, 3.8) is 0 Å².